The highest BCUT2D eigenvalue weighted by Crippen LogP contribution is 2.36. The lowest BCUT2D eigenvalue weighted by Gasteiger charge is -2.15. The number of aryl methyl sites for hydroxylation is 1. The smallest absolute Gasteiger partial charge is 0.416 e. The Morgan fingerprint density at radius 1 is 1.07 bits per heavy atom. The van der Waals surface area contributed by atoms with Gasteiger partial charge in [0.1, 0.15) is 6.61 Å². The summed E-state index contributed by atoms with van der Waals surface area (Å²) in [6.07, 6.45) is -4.39. The predicted octanol–water partition coefficient (Wildman–Crippen LogP) is 5.96. The number of rotatable bonds is 8. The molecule has 0 aliphatic heterocycles. The van der Waals surface area contributed by atoms with Gasteiger partial charge in [-0.05, 0) is 47.9 Å². The Balaban J connectivity index is 2.24. The fraction of sp³-hybridized carbons (Fsp3) is 0.300. The summed E-state index contributed by atoms with van der Waals surface area (Å²) in [5.41, 5.74) is -0.200. The number of benzene rings is 2. The minimum atomic E-state index is -4.61. The number of anilines is 1. The average Bonchev–Trinajstić information content (AvgIpc) is 2.64. The first-order chi connectivity index (χ1) is 14.0. The number of hydrogen-bond acceptors (Lipinski definition) is 3. The van der Waals surface area contributed by atoms with E-state index < -0.39 is 23.6 Å². The highest BCUT2D eigenvalue weighted by atomic mass is 35.5. The van der Waals surface area contributed by atoms with E-state index in [4.69, 9.17) is 33.0 Å². The molecule has 0 saturated heterocycles. The largest absolute Gasteiger partial charge is 0.486 e. The second-order valence-corrected chi connectivity index (χ2v) is 7.20. The zero-order valence-electron chi connectivity index (χ0n) is 15.8. The fourth-order valence-corrected chi connectivity index (χ4v) is 3.20. The molecule has 0 aliphatic carbocycles. The number of alkyl halides is 3. The second-order valence-electron chi connectivity index (χ2n) is 6.39. The van der Waals surface area contributed by atoms with E-state index >= 15 is 0 Å². The minimum Gasteiger partial charge on any atom is -0.486 e. The average molecular weight is 464 g/mol. The van der Waals surface area contributed by atoms with Gasteiger partial charge in [-0.25, -0.2) is 0 Å². The Morgan fingerprint density at radius 2 is 1.70 bits per heavy atom. The zero-order valence-corrected chi connectivity index (χ0v) is 17.3. The van der Waals surface area contributed by atoms with Crippen LogP contribution in [0.4, 0.5) is 18.9 Å². The molecule has 0 radical (unpaired) electrons. The topological polar surface area (TPSA) is 75.6 Å². The van der Waals surface area contributed by atoms with Crippen LogP contribution in [0.3, 0.4) is 0 Å². The Kier molecular flexibility index (Phi) is 7.97. The van der Waals surface area contributed by atoms with Crippen LogP contribution < -0.4 is 10.1 Å². The van der Waals surface area contributed by atoms with Gasteiger partial charge in [0.25, 0.3) is 0 Å². The third-order valence-electron chi connectivity index (χ3n) is 3.99. The van der Waals surface area contributed by atoms with Gasteiger partial charge in [0.2, 0.25) is 5.91 Å². The molecule has 10 heteroatoms. The van der Waals surface area contributed by atoms with Crippen LogP contribution in [0.5, 0.6) is 5.75 Å². The van der Waals surface area contributed by atoms with E-state index in [-0.39, 0.29) is 52.9 Å². The molecular formula is C20H18Cl2F3NO4. The summed E-state index contributed by atoms with van der Waals surface area (Å²) in [5, 5.41) is 11.4. The van der Waals surface area contributed by atoms with E-state index in [0.717, 1.165) is 12.1 Å². The molecule has 0 saturated carbocycles. The van der Waals surface area contributed by atoms with Crippen LogP contribution >= 0.6 is 23.2 Å². The van der Waals surface area contributed by atoms with Gasteiger partial charge >= 0.3 is 12.1 Å². The Labute approximate surface area is 180 Å². The molecule has 2 N–H and O–H groups in total. The molecule has 2 aromatic carbocycles. The fourth-order valence-electron chi connectivity index (χ4n) is 2.56. The molecule has 2 rings (SSSR count). The molecule has 0 heterocycles. The predicted molar refractivity (Wildman–Crippen MR) is 107 cm³/mol. The van der Waals surface area contributed by atoms with Gasteiger partial charge in [0.15, 0.2) is 5.75 Å². The summed E-state index contributed by atoms with van der Waals surface area (Å²) in [6.45, 7) is 1.30. The molecule has 0 aliphatic rings. The SMILES string of the molecule is CCC(=O)Nc1cc(COc2c(Cl)cc(CCC(=O)O)cc2Cl)cc(C(F)(F)F)c1. The van der Waals surface area contributed by atoms with Crippen molar-refractivity contribution in [2.75, 3.05) is 5.32 Å². The summed E-state index contributed by atoms with van der Waals surface area (Å²) in [5.74, 6) is -1.34. The molecule has 5 nitrogen and oxygen atoms in total. The van der Waals surface area contributed by atoms with E-state index in [9.17, 15) is 22.8 Å². The van der Waals surface area contributed by atoms with E-state index in [1.54, 1.807) is 6.92 Å². The van der Waals surface area contributed by atoms with Crippen molar-refractivity contribution in [2.45, 2.75) is 39.0 Å². The van der Waals surface area contributed by atoms with Gasteiger partial charge in [-0.1, -0.05) is 30.1 Å². The number of halogens is 5. The van der Waals surface area contributed by atoms with Gasteiger partial charge < -0.3 is 15.2 Å². The summed E-state index contributed by atoms with van der Waals surface area (Å²) < 4.78 is 45.1. The van der Waals surface area contributed by atoms with Crippen molar-refractivity contribution < 1.29 is 32.6 Å². The molecule has 162 valence electrons. The molecule has 0 bridgehead atoms. The van der Waals surface area contributed by atoms with Crippen LogP contribution in [-0.2, 0) is 28.8 Å². The van der Waals surface area contributed by atoms with Crippen LogP contribution in [0.25, 0.3) is 0 Å². The molecule has 0 unspecified atom stereocenters. The first-order valence-electron chi connectivity index (χ1n) is 8.83. The number of carboxylic acids is 1. The molecule has 30 heavy (non-hydrogen) atoms. The molecular weight excluding hydrogens is 446 g/mol. The quantitative estimate of drug-likeness (QED) is 0.506. The van der Waals surface area contributed by atoms with Crippen molar-refractivity contribution in [3.05, 3.63) is 57.1 Å². The van der Waals surface area contributed by atoms with Crippen molar-refractivity contribution in [3.63, 3.8) is 0 Å². The van der Waals surface area contributed by atoms with Crippen LogP contribution in [0, 0.1) is 0 Å². The monoisotopic (exact) mass is 463 g/mol. The van der Waals surface area contributed by atoms with Crippen molar-refractivity contribution >= 4 is 40.8 Å². The van der Waals surface area contributed by atoms with Crippen LogP contribution in [0.2, 0.25) is 10.0 Å². The number of hydrogen-bond donors (Lipinski definition) is 2. The summed E-state index contributed by atoms with van der Waals surface area (Å²) in [6, 6.07) is 6.10. The third-order valence-corrected chi connectivity index (χ3v) is 4.56. The molecule has 0 atom stereocenters. The molecule has 2 aromatic rings. The number of aliphatic carboxylic acids is 1. The van der Waals surface area contributed by atoms with E-state index in [1.165, 1.54) is 18.2 Å². The maximum absolute atomic E-state index is 13.2. The first-order valence-corrected chi connectivity index (χ1v) is 9.58. The lowest BCUT2D eigenvalue weighted by atomic mass is 10.1. The number of ether oxygens (including phenoxy) is 1. The second kappa shape index (κ2) is 10.0. The van der Waals surface area contributed by atoms with Crippen molar-refractivity contribution in [2.24, 2.45) is 0 Å². The van der Waals surface area contributed by atoms with Crippen LogP contribution in [0.15, 0.2) is 30.3 Å². The number of amides is 1. The minimum absolute atomic E-state index is 0.00325. The zero-order chi connectivity index (χ0) is 22.5. The van der Waals surface area contributed by atoms with Gasteiger partial charge in [0, 0.05) is 18.5 Å². The highest BCUT2D eigenvalue weighted by molar-refractivity contribution is 6.37. The van der Waals surface area contributed by atoms with E-state index in [0.29, 0.717) is 5.56 Å². The van der Waals surface area contributed by atoms with Gasteiger partial charge in [-0.3, -0.25) is 9.59 Å². The summed E-state index contributed by atoms with van der Waals surface area (Å²) in [7, 11) is 0. The van der Waals surface area contributed by atoms with Crippen molar-refractivity contribution in [1.82, 2.24) is 0 Å². The lowest BCUT2D eigenvalue weighted by molar-refractivity contribution is -0.138. The molecule has 1 amide bonds. The number of carbonyl (C=O) groups excluding carboxylic acids is 1. The van der Waals surface area contributed by atoms with E-state index in [1.807, 2.05) is 0 Å². The molecule has 0 aromatic heterocycles. The van der Waals surface area contributed by atoms with Crippen molar-refractivity contribution in [1.29, 1.82) is 0 Å². The number of carboxylic acid groups (broad SMARTS) is 1. The maximum Gasteiger partial charge on any atom is 0.416 e. The van der Waals surface area contributed by atoms with Gasteiger partial charge in [0.05, 0.1) is 15.6 Å². The molecule has 0 spiro atoms. The Hall–Kier alpha value is -2.45. The van der Waals surface area contributed by atoms with Crippen LogP contribution in [-0.4, -0.2) is 17.0 Å². The van der Waals surface area contributed by atoms with E-state index in [2.05, 4.69) is 5.32 Å². The van der Waals surface area contributed by atoms with Crippen LogP contribution in [0.1, 0.15) is 36.5 Å². The van der Waals surface area contributed by atoms with Gasteiger partial charge in [-0.2, -0.15) is 13.2 Å². The number of carbonyl (C=O) groups is 2. The summed E-state index contributed by atoms with van der Waals surface area (Å²) >= 11 is 12.3. The standard InChI is InChI=1S/C20H18Cl2F3NO4/c1-2-17(27)26-14-6-12(5-13(9-14)20(23,24)25)10-30-19-15(21)7-11(8-16(19)22)3-4-18(28)29/h5-9H,2-4,10H2,1H3,(H,26,27)(H,28,29). The number of nitrogens with one attached hydrogen (secondary N) is 1. The highest BCUT2D eigenvalue weighted by Gasteiger charge is 2.31. The maximum atomic E-state index is 13.2. The first kappa shape index (κ1) is 23.8. The third kappa shape index (κ3) is 6.81. The summed E-state index contributed by atoms with van der Waals surface area (Å²) in [4.78, 5) is 22.2. The normalized spacial score (nSPS) is 11.3. The van der Waals surface area contributed by atoms with Gasteiger partial charge in [-0.15, -0.1) is 0 Å². The molecule has 0 fully saturated rings. The Bertz CT molecular complexity index is 925. The lowest BCUT2D eigenvalue weighted by Crippen LogP contribution is -2.13. The Morgan fingerprint density at radius 3 is 2.23 bits per heavy atom. The van der Waals surface area contributed by atoms with Crippen molar-refractivity contribution in [3.8, 4) is 5.75 Å².